The molecule has 2 atom stereocenters. The van der Waals surface area contributed by atoms with Gasteiger partial charge in [-0.25, -0.2) is 4.68 Å². The van der Waals surface area contributed by atoms with Gasteiger partial charge in [0.05, 0.1) is 38.8 Å². The van der Waals surface area contributed by atoms with Crippen molar-refractivity contribution < 1.29 is 9.64 Å². The largest absolute Gasteiger partial charge is 0.376 e. The van der Waals surface area contributed by atoms with E-state index in [2.05, 4.69) is 59.4 Å². The van der Waals surface area contributed by atoms with Crippen LogP contribution in [0.5, 0.6) is 0 Å². The predicted molar refractivity (Wildman–Crippen MR) is 113 cm³/mol. The maximum atomic E-state index is 5.82. The minimum atomic E-state index is 0.260. The number of hydrogen-bond donors (Lipinski definition) is 1. The van der Waals surface area contributed by atoms with Crippen molar-refractivity contribution in [3.63, 3.8) is 0 Å². The summed E-state index contributed by atoms with van der Waals surface area (Å²) in [6, 6.07) is 7.12. The van der Waals surface area contributed by atoms with Crippen molar-refractivity contribution in [1.82, 2.24) is 20.2 Å². The number of tetrazole rings is 1. The van der Waals surface area contributed by atoms with Crippen LogP contribution in [-0.4, -0.2) is 59.1 Å². The van der Waals surface area contributed by atoms with Crippen molar-refractivity contribution in [3.05, 3.63) is 35.2 Å². The molecule has 29 heavy (non-hydrogen) atoms. The number of nitrogens with one attached hydrogen (secondary N) is 1. The number of ether oxygens (including phenoxy) is 1. The lowest BCUT2D eigenvalue weighted by molar-refractivity contribution is -0.933. The van der Waals surface area contributed by atoms with Gasteiger partial charge < -0.3 is 14.5 Å². The third-order valence-electron chi connectivity index (χ3n) is 6.45. The molecule has 0 unspecified atom stereocenters. The van der Waals surface area contributed by atoms with E-state index in [1.807, 2.05) is 4.68 Å². The Bertz CT molecular complexity index is 792. The van der Waals surface area contributed by atoms with E-state index in [1.165, 1.54) is 16.8 Å². The van der Waals surface area contributed by atoms with Gasteiger partial charge in [-0.3, -0.25) is 0 Å². The summed E-state index contributed by atoms with van der Waals surface area (Å²) in [6.45, 7) is 12.7. The molecule has 2 saturated heterocycles. The minimum absolute atomic E-state index is 0.260. The maximum absolute atomic E-state index is 5.82. The molecule has 0 spiro atoms. The molecular weight excluding hydrogens is 364 g/mol. The molecule has 0 amide bonds. The Morgan fingerprint density at radius 1 is 1.24 bits per heavy atom. The lowest BCUT2D eigenvalue weighted by atomic mass is 10.1. The van der Waals surface area contributed by atoms with Crippen LogP contribution in [0, 0.1) is 13.8 Å². The van der Waals surface area contributed by atoms with Crippen molar-refractivity contribution in [2.45, 2.75) is 65.1 Å². The highest BCUT2D eigenvalue weighted by molar-refractivity contribution is 5.55. The molecule has 1 aromatic heterocycles. The number of aryl methyl sites for hydroxylation is 2. The first-order valence-corrected chi connectivity index (χ1v) is 11.2. The molecule has 2 fully saturated rings. The van der Waals surface area contributed by atoms with Gasteiger partial charge in [0.25, 0.3) is 0 Å². The minimum Gasteiger partial charge on any atom is -0.376 e. The molecule has 7 heteroatoms. The first-order chi connectivity index (χ1) is 14.2. The summed E-state index contributed by atoms with van der Waals surface area (Å²) in [5, 5.41) is 12.8. The maximum Gasteiger partial charge on any atom is 0.209 e. The molecule has 0 saturated carbocycles. The molecule has 3 heterocycles. The molecule has 0 aliphatic carbocycles. The van der Waals surface area contributed by atoms with E-state index < -0.39 is 0 Å². The van der Waals surface area contributed by atoms with Gasteiger partial charge in [0.1, 0.15) is 6.04 Å². The Labute approximate surface area is 174 Å². The molecule has 7 nitrogen and oxygen atoms in total. The van der Waals surface area contributed by atoms with Crippen LogP contribution in [0.1, 0.15) is 55.6 Å². The molecule has 4 rings (SSSR count). The van der Waals surface area contributed by atoms with Gasteiger partial charge in [0.2, 0.25) is 5.82 Å². The lowest BCUT2D eigenvalue weighted by Crippen LogP contribution is -3.15. The fourth-order valence-electron chi connectivity index (χ4n) is 4.82. The fourth-order valence-corrected chi connectivity index (χ4v) is 4.82. The second-order valence-corrected chi connectivity index (χ2v) is 8.63. The average Bonchev–Trinajstić information content (AvgIpc) is 3.41. The molecular formula is C22H35N6O+. The summed E-state index contributed by atoms with van der Waals surface area (Å²) in [6.07, 6.45) is 4.77. The van der Waals surface area contributed by atoms with Crippen molar-refractivity contribution in [1.29, 1.82) is 0 Å². The van der Waals surface area contributed by atoms with E-state index in [1.54, 1.807) is 4.90 Å². The highest BCUT2D eigenvalue weighted by atomic mass is 16.5. The van der Waals surface area contributed by atoms with Crippen LogP contribution in [0.25, 0.3) is 0 Å². The van der Waals surface area contributed by atoms with Crippen LogP contribution in [-0.2, 0) is 11.3 Å². The van der Waals surface area contributed by atoms with E-state index in [0.29, 0.717) is 6.04 Å². The third kappa shape index (κ3) is 4.61. The van der Waals surface area contributed by atoms with Gasteiger partial charge in [-0.15, -0.1) is 5.10 Å². The van der Waals surface area contributed by atoms with Crippen LogP contribution in [0.2, 0.25) is 0 Å². The summed E-state index contributed by atoms with van der Waals surface area (Å²) in [4.78, 5) is 4.15. The molecule has 0 bridgehead atoms. The highest BCUT2D eigenvalue weighted by Crippen LogP contribution is 2.22. The van der Waals surface area contributed by atoms with Crippen molar-refractivity contribution in [2.24, 2.45) is 0 Å². The molecule has 2 aliphatic heterocycles. The quantitative estimate of drug-likeness (QED) is 0.768. The summed E-state index contributed by atoms with van der Waals surface area (Å²) >= 11 is 0. The second-order valence-electron chi connectivity index (χ2n) is 8.63. The van der Waals surface area contributed by atoms with Gasteiger partial charge in [-0.2, -0.15) is 0 Å². The zero-order valence-corrected chi connectivity index (χ0v) is 18.1. The monoisotopic (exact) mass is 399 g/mol. The molecule has 158 valence electrons. The SMILES string of the molecule is CCC[C@H](c1nnnn1C[C@@H]1CCCO1)[NH+]1CCN(c2cc(C)ccc2C)CC1. The van der Waals surface area contributed by atoms with E-state index >= 15 is 0 Å². The van der Waals surface area contributed by atoms with Crippen LogP contribution in [0.4, 0.5) is 5.69 Å². The smallest absolute Gasteiger partial charge is 0.209 e. The summed E-state index contributed by atoms with van der Waals surface area (Å²) in [7, 11) is 0. The number of hydrogen-bond acceptors (Lipinski definition) is 5. The van der Waals surface area contributed by atoms with Gasteiger partial charge in [0, 0.05) is 18.7 Å². The molecule has 2 aromatic rings. The van der Waals surface area contributed by atoms with Crippen molar-refractivity contribution in [2.75, 3.05) is 37.7 Å². The van der Waals surface area contributed by atoms with Gasteiger partial charge in [-0.05, 0) is 54.3 Å². The van der Waals surface area contributed by atoms with Crippen LogP contribution in [0.3, 0.4) is 0 Å². The van der Waals surface area contributed by atoms with Crippen molar-refractivity contribution >= 4 is 5.69 Å². The van der Waals surface area contributed by atoms with E-state index in [0.717, 1.165) is 70.8 Å². The van der Waals surface area contributed by atoms with Crippen LogP contribution >= 0.6 is 0 Å². The molecule has 1 N–H and O–H groups in total. The summed E-state index contributed by atoms with van der Waals surface area (Å²) in [5.74, 6) is 1.04. The van der Waals surface area contributed by atoms with Gasteiger partial charge in [0.15, 0.2) is 0 Å². The Balaban J connectivity index is 1.45. The first-order valence-electron chi connectivity index (χ1n) is 11.2. The average molecular weight is 400 g/mol. The molecule has 2 aliphatic rings. The summed E-state index contributed by atoms with van der Waals surface area (Å²) in [5.41, 5.74) is 4.08. The normalized spacial score (nSPS) is 21.6. The number of rotatable bonds is 7. The number of piperazine rings is 1. The number of nitrogens with zero attached hydrogens (tertiary/aromatic N) is 5. The Morgan fingerprint density at radius 2 is 2.07 bits per heavy atom. The molecule has 0 radical (unpaired) electrons. The second kappa shape index (κ2) is 9.22. The van der Waals surface area contributed by atoms with Crippen LogP contribution in [0.15, 0.2) is 18.2 Å². The number of quaternary nitrogens is 1. The Hall–Kier alpha value is -1.99. The van der Waals surface area contributed by atoms with Crippen molar-refractivity contribution in [3.8, 4) is 0 Å². The molecule has 1 aromatic carbocycles. The van der Waals surface area contributed by atoms with E-state index in [-0.39, 0.29) is 6.10 Å². The lowest BCUT2D eigenvalue weighted by Gasteiger charge is -2.37. The van der Waals surface area contributed by atoms with Crippen LogP contribution < -0.4 is 9.80 Å². The van der Waals surface area contributed by atoms with Gasteiger partial charge >= 0.3 is 0 Å². The summed E-state index contributed by atoms with van der Waals surface area (Å²) < 4.78 is 7.83. The zero-order chi connectivity index (χ0) is 20.2. The Kier molecular flexibility index (Phi) is 6.45. The first kappa shape index (κ1) is 20.3. The third-order valence-corrected chi connectivity index (χ3v) is 6.45. The van der Waals surface area contributed by atoms with Gasteiger partial charge in [-0.1, -0.05) is 25.5 Å². The number of benzene rings is 1. The topological polar surface area (TPSA) is 60.5 Å². The highest BCUT2D eigenvalue weighted by Gasteiger charge is 2.33. The fraction of sp³-hybridized carbons (Fsp3) is 0.682. The number of anilines is 1. The zero-order valence-electron chi connectivity index (χ0n) is 18.1. The van der Waals surface area contributed by atoms with E-state index in [9.17, 15) is 0 Å². The number of aromatic nitrogens is 4. The van der Waals surface area contributed by atoms with E-state index in [4.69, 9.17) is 4.74 Å². The Morgan fingerprint density at radius 3 is 2.79 bits per heavy atom. The standard InChI is InChI=1S/C22H34N6O/c1-4-6-20(22-23-24-25-28(22)16-19-7-5-14-29-19)26-10-12-27(13-11-26)21-15-17(2)8-9-18(21)3/h8-9,15,19-20H,4-7,10-14,16H2,1-3H3/p+1/t19-,20+/m0/s1. The predicted octanol–water partition coefficient (Wildman–Crippen LogP) is 1.72.